The third kappa shape index (κ3) is 5.04. The van der Waals surface area contributed by atoms with Crippen molar-refractivity contribution in [3.63, 3.8) is 0 Å². The van der Waals surface area contributed by atoms with E-state index in [0.29, 0.717) is 5.76 Å². The van der Waals surface area contributed by atoms with Crippen molar-refractivity contribution in [1.29, 1.82) is 0 Å². The number of ether oxygens (including phenoxy) is 1. The van der Waals surface area contributed by atoms with E-state index in [4.69, 9.17) is 19.2 Å². The number of aliphatic carboxylic acids is 1. The Kier molecular flexibility index (Phi) is 7.07. The topological polar surface area (TPSA) is 96.1 Å². The minimum Gasteiger partial charge on any atom is -0.475 e. The van der Waals surface area contributed by atoms with Crippen LogP contribution in [0.3, 0.4) is 0 Å². The number of halogens is 3. The van der Waals surface area contributed by atoms with Gasteiger partial charge in [-0.2, -0.15) is 13.2 Å². The number of methoxy groups -OCH3 is 1. The highest BCUT2D eigenvalue weighted by molar-refractivity contribution is 5.91. The number of carbonyl (C=O) groups is 2. The number of carboxylic acid groups (broad SMARTS) is 1. The van der Waals surface area contributed by atoms with Gasteiger partial charge in [-0.15, -0.1) is 0 Å². The van der Waals surface area contributed by atoms with Crippen molar-refractivity contribution in [1.82, 2.24) is 10.1 Å². The van der Waals surface area contributed by atoms with E-state index in [0.717, 1.165) is 45.6 Å². The summed E-state index contributed by atoms with van der Waals surface area (Å²) in [6.45, 7) is 4.11. The predicted octanol–water partition coefficient (Wildman–Crippen LogP) is 2.95. The minimum absolute atomic E-state index is 0.0603. The SMILES string of the molecule is COCCN1CC2(CCN(C(=O)c3ccno3)CC2)c2ccccc21.O=C(O)C(F)(F)F. The van der Waals surface area contributed by atoms with Crippen molar-refractivity contribution in [3.8, 4) is 0 Å². The molecule has 1 fully saturated rings. The lowest BCUT2D eigenvalue weighted by atomic mass is 9.74. The molecule has 8 nitrogen and oxygen atoms in total. The van der Waals surface area contributed by atoms with E-state index in [-0.39, 0.29) is 11.3 Å². The van der Waals surface area contributed by atoms with Crippen molar-refractivity contribution >= 4 is 17.6 Å². The molecule has 0 atom stereocenters. The van der Waals surface area contributed by atoms with Crippen molar-refractivity contribution < 1.29 is 37.1 Å². The largest absolute Gasteiger partial charge is 0.490 e. The number of carboxylic acids is 1. The summed E-state index contributed by atoms with van der Waals surface area (Å²) >= 11 is 0. The van der Waals surface area contributed by atoms with E-state index in [2.05, 4.69) is 34.3 Å². The summed E-state index contributed by atoms with van der Waals surface area (Å²) in [7, 11) is 1.74. The van der Waals surface area contributed by atoms with Crippen molar-refractivity contribution in [2.45, 2.75) is 24.4 Å². The van der Waals surface area contributed by atoms with Gasteiger partial charge in [-0.1, -0.05) is 23.4 Å². The van der Waals surface area contributed by atoms with Gasteiger partial charge in [0, 0.05) is 50.5 Å². The zero-order chi connectivity index (χ0) is 23.4. The van der Waals surface area contributed by atoms with E-state index < -0.39 is 12.1 Å². The number of aromatic nitrogens is 1. The normalized spacial score (nSPS) is 17.0. The highest BCUT2D eigenvalue weighted by Crippen LogP contribution is 2.46. The first-order chi connectivity index (χ1) is 15.2. The number of likely N-dealkylation sites (tertiary alicyclic amines) is 1. The molecule has 1 saturated heterocycles. The standard InChI is InChI=1S/C19H23N3O3.C2HF3O2/c1-24-13-12-22-14-19(15-4-2-3-5-16(15)22)7-10-21(11-8-19)18(23)17-6-9-20-25-17;3-2(4,5)1(6)7/h2-6,9H,7-8,10-14H2,1H3;(H,6,7). The summed E-state index contributed by atoms with van der Waals surface area (Å²) < 4.78 is 42.0. The number of hydrogen-bond acceptors (Lipinski definition) is 6. The summed E-state index contributed by atoms with van der Waals surface area (Å²) in [5.41, 5.74) is 2.86. The third-order valence-electron chi connectivity index (χ3n) is 5.77. The first-order valence-electron chi connectivity index (χ1n) is 10.0. The molecule has 4 rings (SSSR count). The highest BCUT2D eigenvalue weighted by Gasteiger charge is 2.45. The molecule has 2 aromatic rings. The number of piperidine rings is 1. The number of benzene rings is 1. The van der Waals surface area contributed by atoms with E-state index in [1.54, 1.807) is 13.2 Å². The molecule has 0 bridgehead atoms. The summed E-state index contributed by atoms with van der Waals surface area (Å²) in [5.74, 6) is -2.49. The van der Waals surface area contributed by atoms with Crippen LogP contribution in [-0.4, -0.2) is 73.1 Å². The molecule has 0 saturated carbocycles. The predicted molar refractivity (Wildman–Crippen MR) is 108 cm³/mol. The molecule has 1 N–H and O–H groups in total. The van der Waals surface area contributed by atoms with E-state index in [9.17, 15) is 18.0 Å². The second-order valence-corrected chi connectivity index (χ2v) is 7.68. The van der Waals surface area contributed by atoms with Crippen molar-refractivity contribution in [2.75, 3.05) is 44.8 Å². The van der Waals surface area contributed by atoms with Gasteiger partial charge in [0.1, 0.15) is 0 Å². The van der Waals surface area contributed by atoms with Crippen LogP contribution in [-0.2, 0) is 14.9 Å². The van der Waals surface area contributed by atoms with E-state index in [1.165, 1.54) is 17.4 Å². The first-order valence-corrected chi connectivity index (χ1v) is 10.0. The van der Waals surface area contributed by atoms with Gasteiger partial charge in [-0.3, -0.25) is 4.79 Å². The molecule has 0 aliphatic carbocycles. The van der Waals surface area contributed by atoms with Gasteiger partial charge in [0.05, 0.1) is 12.8 Å². The zero-order valence-electron chi connectivity index (χ0n) is 17.5. The number of nitrogens with zero attached hydrogens (tertiary/aromatic N) is 3. The van der Waals surface area contributed by atoms with Gasteiger partial charge in [-0.25, -0.2) is 4.79 Å². The van der Waals surface area contributed by atoms with Crippen LogP contribution >= 0.6 is 0 Å². The smallest absolute Gasteiger partial charge is 0.475 e. The fourth-order valence-electron chi connectivity index (χ4n) is 4.18. The quantitative estimate of drug-likeness (QED) is 0.757. The Morgan fingerprint density at radius 2 is 1.88 bits per heavy atom. The van der Waals surface area contributed by atoms with Crippen LogP contribution in [0.5, 0.6) is 0 Å². The van der Waals surface area contributed by atoms with Crippen molar-refractivity contribution in [3.05, 3.63) is 47.9 Å². The van der Waals surface area contributed by atoms with Crippen LogP contribution in [0.4, 0.5) is 18.9 Å². The van der Waals surface area contributed by atoms with E-state index in [1.807, 2.05) is 4.90 Å². The zero-order valence-corrected chi connectivity index (χ0v) is 17.5. The van der Waals surface area contributed by atoms with Crippen LogP contribution in [0, 0.1) is 0 Å². The van der Waals surface area contributed by atoms with Crippen LogP contribution < -0.4 is 4.90 Å². The molecular formula is C21H24F3N3O5. The Morgan fingerprint density at radius 1 is 1.22 bits per heavy atom. The Hall–Kier alpha value is -3.08. The van der Waals surface area contributed by atoms with Gasteiger partial charge in [0.25, 0.3) is 5.91 Å². The molecule has 1 aromatic heterocycles. The lowest BCUT2D eigenvalue weighted by Crippen LogP contribution is -2.47. The molecule has 2 aliphatic rings. The van der Waals surface area contributed by atoms with Crippen LogP contribution in [0.2, 0.25) is 0 Å². The number of fused-ring (bicyclic) bond motifs is 2. The number of anilines is 1. The second-order valence-electron chi connectivity index (χ2n) is 7.68. The summed E-state index contributed by atoms with van der Waals surface area (Å²) in [6, 6.07) is 10.3. The molecule has 1 amide bonds. The number of para-hydroxylation sites is 1. The Bertz CT molecular complexity index is 925. The summed E-state index contributed by atoms with van der Waals surface area (Å²) in [4.78, 5) is 25.7. The van der Waals surface area contributed by atoms with Crippen LogP contribution in [0.25, 0.3) is 0 Å². The minimum atomic E-state index is -5.08. The number of carbonyl (C=O) groups excluding carboxylic acids is 1. The fraction of sp³-hybridized carbons (Fsp3) is 0.476. The molecule has 0 unspecified atom stereocenters. The molecule has 1 aromatic carbocycles. The van der Waals surface area contributed by atoms with Crippen LogP contribution in [0.1, 0.15) is 29.0 Å². The maximum Gasteiger partial charge on any atom is 0.490 e. The molecule has 11 heteroatoms. The number of hydrogen-bond donors (Lipinski definition) is 1. The average molecular weight is 455 g/mol. The van der Waals surface area contributed by atoms with Gasteiger partial charge in [0.2, 0.25) is 5.76 Å². The van der Waals surface area contributed by atoms with Crippen molar-refractivity contribution in [2.24, 2.45) is 0 Å². The highest BCUT2D eigenvalue weighted by atomic mass is 19.4. The van der Waals surface area contributed by atoms with Gasteiger partial charge in [-0.05, 0) is 24.5 Å². The fourth-order valence-corrected chi connectivity index (χ4v) is 4.18. The molecule has 1 spiro atoms. The Balaban J connectivity index is 0.000000360. The average Bonchev–Trinajstić information content (AvgIpc) is 3.40. The summed E-state index contributed by atoms with van der Waals surface area (Å²) in [5, 5.41) is 10.8. The third-order valence-corrected chi connectivity index (χ3v) is 5.77. The van der Waals surface area contributed by atoms with E-state index >= 15 is 0 Å². The molecule has 32 heavy (non-hydrogen) atoms. The maximum atomic E-state index is 12.5. The Labute approximate surface area is 182 Å². The summed E-state index contributed by atoms with van der Waals surface area (Å²) in [6.07, 6.45) is -1.64. The molecular weight excluding hydrogens is 431 g/mol. The monoisotopic (exact) mass is 455 g/mol. The number of alkyl halides is 3. The van der Waals surface area contributed by atoms with Gasteiger partial charge >= 0.3 is 12.1 Å². The van der Waals surface area contributed by atoms with Gasteiger partial charge in [0.15, 0.2) is 0 Å². The number of amides is 1. The van der Waals surface area contributed by atoms with Crippen LogP contribution in [0.15, 0.2) is 41.1 Å². The van der Waals surface area contributed by atoms with Gasteiger partial charge < -0.3 is 24.2 Å². The molecule has 2 aliphatic heterocycles. The second kappa shape index (κ2) is 9.60. The molecule has 0 radical (unpaired) electrons. The molecule has 3 heterocycles. The molecule has 174 valence electrons. The first kappa shape index (κ1) is 23.6. The number of rotatable bonds is 4. The lowest BCUT2D eigenvalue weighted by molar-refractivity contribution is -0.192. The maximum absolute atomic E-state index is 12.5. The lowest BCUT2D eigenvalue weighted by Gasteiger charge is -2.39. The Morgan fingerprint density at radius 3 is 2.44 bits per heavy atom.